The Kier molecular flexibility index (Phi) is 3.54. The number of halogens is 4. The van der Waals surface area contributed by atoms with Crippen LogP contribution in [-0.2, 0) is 0 Å². The van der Waals surface area contributed by atoms with Crippen LogP contribution in [-0.4, -0.2) is 17.5 Å². The van der Waals surface area contributed by atoms with E-state index in [2.05, 4.69) is 0 Å². The first-order chi connectivity index (χ1) is 7.68. The predicted octanol–water partition coefficient (Wildman–Crippen LogP) is 4.86. The van der Waals surface area contributed by atoms with Crippen molar-refractivity contribution in [2.45, 2.75) is 41.5 Å². The molecule has 0 unspecified atom stereocenters. The minimum Gasteiger partial charge on any atom is -0.261 e. The van der Waals surface area contributed by atoms with Gasteiger partial charge in [0, 0.05) is 0 Å². The van der Waals surface area contributed by atoms with Gasteiger partial charge in [0.05, 0.1) is 0 Å². The minimum absolute atomic E-state index is 0.306. The van der Waals surface area contributed by atoms with Gasteiger partial charge in [-0.2, -0.15) is 0 Å². The molecule has 0 amide bonds. The van der Waals surface area contributed by atoms with E-state index in [-0.39, 0.29) is 10.4 Å². The molecule has 0 N–H and O–H groups in total. The van der Waals surface area contributed by atoms with E-state index in [4.69, 9.17) is 0 Å². The summed E-state index contributed by atoms with van der Waals surface area (Å²) in [5.74, 6) is 0. The smallest absolute Gasteiger partial charge is 0.261 e. The molecule has 1 aliphatic rings. The summed E-state index contributed by atoms with van der Waals surface area (Å²) >= 11 is 0. The van der Waals surface area contributed by atoms with Gasteiger partial charge in [0.1, 0.15) is 0 Å². The molecule has 0 atom stereocenters. The molecule has 0 saturated heterocycles. The highest BCUT2D eigenvalue weighted by atomic mass is 28.4. The fourth-order valence-corrected chi connectivity index (χ4v) is 8.63. The topological polar surface area (TPSA) is 0 Å². The van der Waals surface area contributed by atoms with E-state index in [1.807, 2.05) is 0 Å². The molecule has 0 radical (unpaired) electrons. The first kappa shape index (κ1) is 15.7. The maximum Gasteiger partial charge on any atom is 0.479 e. The van der Waals surface area contributed by atoms with E-state index in [9.17, 15) is 16.4 Å². The highest BCUT2D eigenvalue weighted by molar-refractivity contribution is 6.90. The summed E-state index contributed by atoms with van der Waals surface area (Å²) in [4.78, 5) is 0. The third-order valence-electron chi connectivity index (χ3n) is 2.97. The van der Waals surface area contributed by atoms with Gasteiger partial charge in [-0.15, -0.1) is 0 Å². The Labute approximate surface area is 108 Å². The lowest BCUT2D eigenvalue weighted by Crippen LogP contribution is -2.46. The Morgan fingerprint density at radius 1 is 0.722 bits per heavy atom. The van der Waals surface area contributed by atoms with Crippen molar-refractivity contribution in [1.29, 1.82) is 0 Å². The van der Waals surface area contributed by atoms with Crippen LogP contribution in [0.5, 0.6) is 0 Å². The van der Waals surface area contributed by atoms with Gasteiger partial charge >= 0.3 is 17.5 Å². The Morgan fingerprint density at radius 3 is 1.22 bits per heavy atom. The molecule has 0 aromatic rings. The number of rotatable bonds is 0. The van der Waals surface area contributed by atoms with Gasteiger partial charge in [-0.3, -0.25) is 16.4 Å². The van der Waals surface area contributed by atoms with Crippen LogP contribution in [0.25, 0.3) is 0 Å². The quantitative estimate of drug-likeness (QED) is 0.340. The van der Waals surface area contributed by atoms with Crippen LogP contribution in [0.3, 0.4) is 0 Å². The van der Waals surface area contributed by atoms with Crippen molar-refractivity contribution in [3.05, 3.63) is 21.8 Å². The van der Waals surface area contributed by atoms with Crippen molar-refractivity contribution in [3.8, 4) is 0 Å². The molecular formula is C12H20F4Si2. The second kappa shape index (κ2) is 4.06. The summed E-state index contributed by atoms with van der Waals surface area (Å²) in [6, 6.07) is 0. The third-order valence-corrected chi connectivity index (χ3v) is 8.03. The molecular weight excluding hydrogens is 276 g/mol. The Bertz CT molecular complexity index is 373. The molecule has 0 aromatic heterocycles. The standard InChI is InChI=1S/C12H20F4Si2/c1-11(2,3)9-7-17(13,14)8-10(12(4,5)6)18(9,15)16/h7-8H,1-6H3. The van der Waals surface area contributed by atoms with E-state index >= 15 is 0 Å². The van der Waals surface area contributed by atoms with Crippen molar-refractivity contribution >= 4 is 17.5 Å². The molecule has 0 aliphatic carbocycles. The van der Waals surface area contributed by atoms with Gasteiger partial charge in [-0.05, 0) is 32.6 Å². The van der Waals surface area contributed by atoms with Crippen LogP contribution in [0.4, 0.5) is 16.4 Å². The molecule has 0 saturated carbocycles. The van der Waals surface area contributed by atoms with Crippen molar-refractivity contribution in [2.24, 2.45) is 10.8 Å². The first-order valence-electron chi connectivity index (χ1n) is 5.91. The van der Waals surface area contributed by atoms with E-state index in [1.165, 1.54) is 0 Å². The molecule has 0 spiro atoms. The summed E-state index contributed by atoms with van der Waals surface area (Å²) < 4.78 is 56.7. The molecule has 1 heterocycles. The van der Waals surface area contributed by atoms with E-state index in [0.717, 1.165) is 0 Å². The Hall–Kier alpha value is -0.366. The molecule has 104 valence electrons. The van der Waals surface area contributed by atoms with Crippen molar-refractivity contribution in [2.75, 3.05) is 0 Å². The highest BCUT2D eigenvalue weighted by Gasteiger charge is 2.58. The van der Waals surface area contributed by atoms with Crippen LogP contribution < -0.4 is 0 Å². The Morgan fingerprint density at radius 2 is 1.00 bits per heavy atom. The summed E-state index contributed by atoms with van der Waals surface area (Å²) in [6.07, 6.45) is 0. The van der Waals surface area contributed by atoms with E-state index in [1.54, 1.807) is 41.5 Å². The van der Waals surface area contributed by atoms with E-state index < -0.39 is 28.3 Å². The average Bonchev–Trinajstić information content (AvgIpc) is 2.05. The molecule has 1 rings (SSSR count). The van der Waals surface area contributed by atoms with Gasteiger partial charge in [-0.25, -0.2) is 0 Å². The lowest BCUT2D eigenvalue weighted by atomic mass is 9.96. The molecule has 0 bridgehead atoms. The second-order valence-electron chi connectivity index (χ2n) is 6.86. The van der Waals surface area contributed by atoms with Gasteiger partial charge < -0.3 is 0 Å². The molecule has 0 aromatic carbocycles. The highest BCUT2D eigenvalue weighted by Crippen LogP contribution is 2.48. The number of hydrogen-bond donors (Lipinski definition) is 0. The van der Waals surface area contributed by atoms with Crippen molar-refractivity contribution in [3.63, 3.8) is 0 Å². The van der Waals surface area contributed by atoms with Gasteiger partial charge in [0.15, 0.2) is 0 Å². The molecule has 18 heavy (non-hydrogen) atoms. The number of allylic oxidation sites excluding steroid dienone is 2. The summed E-state index contributed by atoms with van der Waals surface area (Å²) in [5, 5.41) is -0.613. The van der Waals surface area contributed by atoms with Crippen LogP contribution in [0.15, 0.2) is 21.8 Å². The fraction of sp³-hybridized carbons (Fsp3) is 0.667. The average molecular weight is 296 g/mol. The largest absolute Gasteiger partial charge is 0.479 e. The fourth-order valence-electron chi connectivity index (χ4n) is 2.13. The zero-order valence-electron chi connectivity index (χ0n) is 11.7. The summed E-state index contributed by atoms with van der Waals surface area (Å²) in [5.41, 5.74) is -0.600. The lowest BCUT2D eigenvalue weighted by Gasteiger charge is -2.38. The minimum atomic E-state index is -4.93. The Balaban J connectivity index is 3.47. The summed E-state index contributed by atoms with van der Waals surface area (Å²) in [7, 11) is -9.73. The van der Waals surface area contributed by atoms with Crippen LogP contribution >= 0.6 is 0 Å². The first-order valence-corrected chi connectivity index (χ1v) is 9.58. The molecule has 1 aliphatic heterocycles. The van der Waals surface area contributed by atoms with Crippen LogP contribution in [0.1, 0.15) is 41.5 Å². The second-order valence-corrected chi connectivity index (χ2v) is 11.0. The SMILES string of the molecule is CC(C)(C)C1=C[Si](F)(F)C=C(C(C)(C)C)[Si]1(F)F. The van der Waals surface area contributed by atoms with E-state index in [0.29, 0.717) is 11.4 Å². The van der Waals surface area contributed by atoms with Gasteiger partial charge in [0.25, 0.3) is 0 Å². The van der Waals surface area contributed by atoms with Crippen LogP contribution in [0.2, 0.25) is 0 Å². The maximum absolute atomic E-state index is 14.6. The number of hydrogen-bond acceptors (Lipinski definition) is 0. The van der Waals surface area contributed by atoms with Gasteiger partial charge in [0.2, 0.25) is 0 Å². The monoisotopic (exact) mass is 296 g/mol. The normalized spacial score (nSPS) is 23.4. The van der Waals surface area contributed by atoms with Crippen LogP contribution in [0, 0.1) is 10.8 Å². The molecule has 0 nitrogen and oxygen atoms in total. The van der Waals surface area contributed by atoms with Gasteiger partial charge in [-0.1, -0.05) is 41.5 Å². The van der Waals surface area contributed by atoms with Crippen molar-refractivity contribution in [1.82, 2.24) is 0 Å². The van der Waals surface area contributed by atoms with Crippen molar-refractivity contribution < 1.29 is 16.4 Å². The lowest BCUT2D eigenvalue weighted by molar-refractivity contribution is 0.455. The third kappa shape index (κ3) is 2.96. The summed E-state index contributed by atoms with van der Waals surface area (Å²) in [6.45, 7) is 9.48. The molecule has 0 fully saturated rings. The molecule has 6 heteroatoms. The maximum atomic E-state index is 14.6. The zero-order valence-corrected chi connectivity index (χ0v) is 13.7. The predicted molar refractivity (Wildman–Crippen MR) is 71.0 cm³/mol. The zero-order chi connectivity index (χ0) is 14.6.